The lowest BCUT2D eigenvalue weighted by Gasteiger charge is -2.26. The quantitative estimate of drug-likeness (QED) is 0.775. The Balaban J connectivity index is 2.06. The first-order chi connectivity index (χ1) is 5.77. The van der Waals surface area contributed by atoms with Crippen LogP contribution in [0.2, 0.25) is 0 Å². The van der Waals surface area contributed by atoms with Gasteiger partial charge in [-0.3, -0.25) is 0 Å². The molecular formula is C8H11BrN2O. The summed E-state index contributed by atoms with van der Waals surface area (Å²) in [5.74, 6) is 0. The van der Waals surface area contributed by atoms with Crippen molar-refractivity contribution in [1.29, 1.82) is 0 Å². The van der Waals surface area contributed by atoms with Gasteiger partial charge in [-0.1, -0.05) is 0 Å². The molecule has 1 fully saturated rings. The second kappa shape index (κ2) is 3.18. The summed E-state index contributed by atoms with van der Waals surface area (Å²) in [4.78, 5) is 4.15. The van der Waals surface area contributed by atoms with E-state index in [1.54, 1.807) is 0 Å². The number of imidazole rings is 1. The van der Waals surface area contributed by atoms with Gasteiger partial charge in [0.1, 0.15) is 4.60 Å². The van der Waals surface area contributed by atoms with E-state index in [2.05, 4.69) is 32.4 Å². The van der Waals surface area contributed by atoms with E-state index in [0.717, 1.165) is 17.8 Å². The minimum Gasteiger partial charge on any atom is -0.376 e. The third-order valence-corrected chi connectivity index (χ3v) is 3.01. The summed E-state index contributed by atoms with van der Waals surface area (Å²) >= 11 is 3.37. The van der Waals surface area contributed by atoms with Crippen LogP contribution in [-0.4, -0.2) is 22.3 Å². The molecule has 0 aliphatic carbocycles. The predicted molar refractivity (Wildman–Crippen MR) is 49.0 cm³/mol. The third kappa shape index (κ3) is 1.41. The molecule has 0 N–H and O–H groups in total. The van der Waals surface area contributed by atoms with Crippen molar-refractivity contribution < 1.29 is 4.74 Å². The van der Waals surface area contributed by atoms with E-state index in [-0.39, 0.29) is 0 Å². The van der Waals surface area contributed by atoms with Gasteiger partial charge in [0.15, 0.2) is 0 Å². The molecule has 1 aromatic heterocycles. The van der Waals surface area contributed by atoms with E-state index >= 15 is 0 Å². The van der Waals surface area contributed by atoms with Crippen molar-refractivity contribution in [2.24, 2.45) is 0 Å². The maximum Gasteiger partial charge on any atom is 0.126 e. The average Bonchev–Trinajstić information content (AvgIpc) is 2.27. The molecule has 0 bridgehead atoms. The maximum atomic E-state index is 5.33. The van der Waals surface area contributed by atoms with Gasteiger partial charge in [-0.25, -0.2) is 4.98 Å². The van der Waals surface area contributed by atoms with E-state index in [4.69, 9.17) is 4.74 Å². The smallest absolute Gasteiger partial charge is 0.126 e. The number of hydrogen-bond donors (Lipinski definition) is 0. The minimum absolute atomic E-state index is 0.407. The molecule has 0 amide bonds. The minimum atomic E-state index is 0.407. The fourth-order valence-electron chi connectivity index (χ4n) is 1.25. The molecular weight excluding hydrogens is 220 g/mol. The summed E-state index contributed by atoms with van der Waals surface area (Å²) in [6.45, 7) is 3.90. The lowest BCUT2D eigenvalue weighted by Crippen LogP contribution is -2.31. The zero-order valence-corrected chi connectivity index (χ0v) is 8.54. The molecule has 3 nitrogen and oxygen atoms in total. The third-order valence-electron chi connectivity index (χ3n) is 2.23. The highest BCUT2D eigenvalue weighted by atomic mass is 79.9. The fourth-order valence-corrected chi connectivity index (χ4v) is 1.57. The molecule has 1 saturated heterocycles. The monoisotopic (exact) mass is 230 g/mol. The van der Waals surface area contributed by atoms with Crippen molar-refractivity contribution >= 4 is 15.9 Å². The molecule has 4 heteroatoms. The van der Waals surface area contributed by atoms with Gasteiger partial charge in [0.2, 0.25) is 0 Å². The molecule has 12 heavy (non-hydrogen) atoms. The van der Waals surface area contributed by atoms with Gasteiger partial charge in [0, 0.05) is 12.3 Å². The lowest BCUT2D eigenvalue weighted by atomic mass is 10.2. The number of hydrogen-bond acceptors (Lipinski definition) is 2. The van der Waals surface area contributed by atoms with E-state index in [1.807, 2.05) is 6.33 Å². The largest absolute Gasteiger partial charge is 0.376 e. The van der Waals surface area contributed by atoms with Crippen LogP contribution < -0.4 is 0 Å². The van der Waals surface area contributed by atoms with Crippen LogP contribution in [0.25, 0.3) is 0 Å². The molecule has 66 valence electrons. The summed E-state index contributed by atoms with van der Waals surface area (Å²) in [6, 6.07) is 0. The molecule has 1 aromatic rings. The summed E-state index contributed by atoms with van der Waals surface area (Å²) in [7, 11) is 0. The Kier molecular flexibility index (Phi) is 2.19. The number of rotatable bonds is 2. The normalized spacial score (nSPS) is 22.3. The van der Waals surface area contributed by atoms with E-state index in [1.165, 1.54) is 12.1 Å². The van der Waals surface area contributed by atoms with Crippen molar-refractivity contribution in [3.63, 3.8) is 0 Å². The van der Waals surface area contributed by atoms with Crippen LogP contribution in [0.15, 0.2) is 10.9 Å². The van der Waals surface area contributed by atoms with Crippen molar-refractivity contribution in [2.45, 2.75) is 26.0 Å². The van der Waals surface area contributed by atoms with Crippen molar-refractivity contribution in [2.75, 3.05) is 6.61 Å². The van der Waals surface area contributed by atoms with Crippen molar-refractivity contribution in [3.8, 4) is 0 Å². The number of aromatic nitrogens is 2. The summed E-state index contributed by atoms with van der Waals surface area (Å²) in [5, 5.41) is 0. The van der Waals surface area contributed by atoms with Crippen LogP contribution in [-0.2, 0) is 11.3 Å². The van der Waals surface area contributed by atoms with E-state index in [0.29, 0.717) is 6.10 Å². The standard InChI is InChI=1S/C8H11BrN2O/c1-6-8(9)10-5-11(6)4-7-2-3-12-7/h5,7H,2-4H2,1H3. The molecule has 0 spiro atoms. The molecule has 0 radical (unpaired) electrons. The second-order valence-corrected chi connectivity index (χ2v) is 3.81. The molecule has 1 aliphatic rings. The lowest BCUT2D eigenvalue weighted by molar-refractivity contribution is -0.0594. The Morgan fingerprint density at radius 3 is 3.00 bits per heavy atom. The highest BCUT2D eigenvalue weighted by Crippen LogP contribution is 2.17. The molecule has 0 saturated carbocycles. The van der Waals surface area contributed by atoms with Gasteiger partial charge in [-0.15, -0.1) is 0 Å². The van der Waals surface area contributed by atoms with E-state index < -0.39 is 0 Å². The second-order valence-electron chi connectivity index (χ2n) is 3.05. The highest BCUT2D eigenvalue weighted by molar-refractivity contribution is 9.10. The number of halogens is 1. The Bertz CT molecular complexity index is 281. The van der Waals surface area contributed by atoms with Crippen molar-refractivity contribution in [1.82, 2.24) is 9.55 Å². The molecule has 1 aliphatic heterocycles. The Labute approximate surface area is 79.9 Å². The zero-order chi connectivity index (χ0) is 8.55. The summed E-state index contributed by atoms with van der Waals surface area (Å²) in [5.41, 5.74) is 1.17. The first-order valence-corrected chi connectivity index (χ1v) is 4.85. The van der Waals surface area contributed by atoms with Crippen LogP contribution >= 0.6 is 15.9 Å². The first-order valence-electron chi connectivity index (χ1n) is 4.06. The Morgan fingerprint density at radius 2 is 2.58 bits per heavy atom. The molecule has 1 atom stereocenters. The van der Waals surface area contributed by atoms with Gasteiger partial charge in [-0.05, 0) is 29.3 Å². The average molecular weight is 231 g/mol. The van der Waals surface area contributed by atoms with Crippen LogP contribution in [0.3, 0.4) is 0 Å². The van der Waals surface area contributed by atoms with Gasteiger partial charge in [-0.2, -0.15) is 0 Å². The van der Waals surface area contributed by atoms with Gasteiger partial charge >= 0.3 is 0 Å². The molecule has 2 rings (SSSR count). The first kappa shape index (κ1) is 8.26. The Hall–Kier alpha value is -0.350. The summed E-state index contributed by atoms with van der Waals surface area (Å²) < 4.78 is 8.39. The van der Waals surface area contributed by atoms with Crippen LogP contribution in [0.5, 0.6) is 0 Å². The Morgan fingerprint density at radius 1 is 1.83 bits per heavy atom. The SMILES string of the molecule is Cc1c(Br)ncn1CC1CCO1. The van der Waals surface area contributed by atoms with Gasteiger partial charge in [0.05, 0.1) is 19.0 Å². The molecule has 0 aromatic carbocycles. The zero-order valence-electron chi connectivity index (χ0n) is 6.96. The molecule has 1 unspecified atom stereocenters. The number of nitrogens with zero attached hydrogens (tertiary/aromatic N) is 2. The predicted octanol–water partition coefficient (Wildman–Crippen LogP) is 1.74. The fraction of sp³-hybridized carbons (Fsp3) is 0.625. The van der Waals surface area contributed by atoms with Gasteiger partial charge in [0.25, 0.3) is 0 Å². The van der Waals surface area contributed by atoms with E-state index in [9.17, 15) is 0 Å². The summed E-state index contributed by atoms with van der Waals surface area (Å²) in [6.07, 6.45) is 3.43. The van der Waals surface area contributed by atoms with Crippen LogP contribution in [0, 0.1) is 6.92 Å². The van der Waals surface area contributed by atoms with Crippen LogP contribution in [0.4, 0.5) is 0 Å². The van der Waals surface area contributed by atoms with Gasteiger partial charge < -0.3 is 9.30 Å². The number of ether oxygens (including phenoxy) is 1. The highest BCUT2D eigenvalue weighted by Gasteiger charge is 2.19. The maximum absolute atomic E-state index is 5.33. The molecule has 2 heterocycles. The van der Waals surface area contributed by atoms with Crippen molar-refractivity contribution in [3.05, 3.63) is 16.6 Å². The topological polar surface area (TPSA) is 27.1 Å². The van der Waals surface area contributed by atoms with Crippen LogP contribution in [0.1, 0.15) is 12.1 Å².